The fraction of sp³-hybridized carbons (Fsp3) is 0.483. The zero-order valence-corrected chi connectivity index (χ0v) is 24.2. The van der Waals surface area contributed by atoms with E-state index in [0.717, 1.165) is 66.3 Å². The molecule has 0 atom stereocenters. The summed E-state index contributed by atoms with van der Waals surface area (Å²) < 4.78 is 12.3. The Morgan fingerprint density at radius 3 is 2.58 bits per heavy atom. The van der Waals surface area contributed by atoms with Crippen LogP contribution in [-0.2, 0) is 16.0 Å². The molecule has 0 aliphatic heterocycles. The number of benzene rings is 2. The highest BCUT2D eigenvalue weighted by molar-refractivity contribution is 7.80. The van der Waals surface area contributed by atoms with Gasteiger partial charge in [0.05, 0.1) is 35.1 Å². The van der Waals surface area contributed by atoms with Crippen LogP contribution in [-0.4, -0.2) is 54.5 Å². The first-order chi connectivity index (χ1) is 18.2. The van der Waals surface area contributed by atoms with E-state index in [2.05, 4.69) is 54.3 Å². The molecule has 3 N–H and O–H groups in total. The molecule has 8 nitrogen and oxygen atoms in total. The monoisotopic (exact) mass is 539 g/mol. The lowest BCUT2D eigenvalue weighted by atomic mass is 10.1. The highest BCUT2D eigenvalue weighted by Gasteiger charge is 2.20. The normalized spacial score (nSPS) is 11.3. The van der Waals surface area contributed by atoms with E-state index in [4.69, 9.17) is 26.7 Å². The number of para-hydroxylation sites is 1. The summed E-state index contributed by atoms with van der Waals surface area (Å²) in [6, 6.07) is 11.7. The summed E-state index contributed by atoms with van der Waals surface area (Å²) in [6.07, 6.45) is 1.86. The number of rotatable bonds is 13. The molecule has 3 aromatic rings. The van der Waals surface area contributed by atoms with Crippen LogP contribution in [0.4, 0.5) is 11.4 Å². The number of anilines is 2. The summed E-state index contributed by atoms with van der Waals surface area (Å²) in [4.78, 5) is 17.2. The molecule has 0 radical (unpaired) electrons. The number of nitrogens with one attached hydrogen (secondary N) is 3. The average molecular weight is 540 g/mol. The maximum atomic E-state index is 12.2. The standard InChI is InChI=1S/C29H41N5O3S/c1-19(2)13-15-34-25-12-11-21(28(35)37-6)17-24(25)32-27(34)22-9-7-10-23(26(22)31-18-20(3)4)33-29(38)30-14-8-16-36-5/h7,9-12,17,19-20,31H,8,13-16,18H2,1-6H3,(H2,30,33,38). The number of carbonyl (C=O) groups is 1. The Bertz CT molecular complexity index is 1240. The maximum Gasteiger partial charge on any atom is 0.337 e. The number of hydrogen-bond donors (Lipinski definition) is 3. The Morgan fingerprint density at radius 2 is 1.89 bits per heavy atom. The predicted octanol–water partition coefficient (Wildman–Crippen LogP) is 5.93. The zero-order valence-electron chi connectivity index (χ0n) is 23.4. The van der Waals surface area contributed by atoms with Gasteiger partial charge in [-0.05, 0) is 67.2 Å². The van der Waals surface area contributed by atoms with E-state index in [9.17, 15) is 4.79 Å². The van der Waals surface area contributed by atoms with Gasteiger partial charge in [0, 0.05) is 38.9 Å². The summed E-state index contributed by atoms with van der Waals surface area (Å²) in [6.45, 7) is 11.8. The van der Waals surface area contributed by atoms with E-state index in [1.807, 2.05) is 18.2 Å². The van der Waals surface area contributed by atoms with Crippen LogP contribution in [0.5, 0.6) is 0 Å². The minimum atomic E-state index is -0.373. The number of hydrogen-bond acceptors (Lipinski definition) is 6. The van der Waals surface area contributed by atoms with Gasteiger partial charge in [-0.2, -0.15) is 0 Å². The molecule has 0 amide bonds. The zero-order chi connectivity index (χ0) is 27.7. The number of thiocarbonyl (C=S) groups is 1. The molecule has 0 unspecified atom stereocenters. The molecule has 2 aromatic carbocycles. The lowest BCUT2D eigenvalue weighted by Gasteiger charge is -2.20. The van der Waals surface area contributed by atoms with E-state index in [1.54, 1.807) is 19.2 Å². The number of imidazole rings is 1. The van der Waals surface area contributed by atoms with Crippen molar-refractivity contribution in [2.75, 3.05) is 44.5 Å². The molecule has 1 aromatic heterocycles. The summed E-state index contributed by atoms with van der Waals surface area (Å²) in [5.41, 5.74) is 5.02. The molecule has 206 valence electrons. The second-order valence-corrected chi connectivity index (χ2v) is 10.6. The Balaban J connectivity index is 2.08. The smallest absolute Gasteiger partial charge is 0.337 e. The fourth-order valence-electron chi connectivity index (χ4n) is 4.12. The van der Waals surface area contributed by atoms with Crippen LogP contribution < -0.4 is 16.0 Å². The number of esters is 1. The average Bonchev–Trinajstić information content (AvgIpc) is 3.26. The van der Waals surface area contributed by atoms with Crippen LogP contribution in [0.25, 0.3) is 22.4 Å². The van der Waals surface area contributed by atoms with Gasteiger partial charge in [0.15, 0.2) is 5.11 Å². The van der Waals surface area contributed by atoms with Crippen molar-refractivity contribution >= 4 is 45.7 Å². The minimum Gasteiger partial charge on any atom is -0.465 e. The molecule has 0 saturated carbocycles. The number of fused-ring (bicyclic) bond motifs is 1. The molecular formula is C29H41N5O3S. The van der Waals surface area contributed by atoms with E-state index in [0.29, 0.717) is 29.1 Å². The highest BCUT2D eigenvalue weighted by atomic mass is 32.1. The summed E-state index contributed by atoms with van der Waals surface area (Å²) in [7, 11) is 3.08. The largest absolute Gasteiger partial charge is 0.465 e. The van der Waals surface area contributed by atoms with Crippen LogP contribution in [0.3, 0.4) is 0 Å². The van der Waals surface area contributed by atoms with Crippen LogP contribution in [0.2, 0.25) is 0 Å². The molecule has 0 aliphatic rings. The second kappa shape index (κ2) is 14.1. The van der Waals surface area contributed by atoms with Crippen molar-refractivity contribution in [3.8, 4) is 11.4 Å². The summed E-state index contributed by atoms with van der Waals surface area (Å²) >= 11 is 5.58. The molecule has 0 bridgehead atoms. The molecule has 0 spiro atoms. The van der Waals surface area contributed by atoms with Gasteiger partial charge in [-0.15, -0.1) is 0 Å². The van der Waals surface area contributed by atoms with E-state index in [-0.39, 0.29) is 5.97 Å². The van der Waals surface area contributed by atoms with E-state index in [1.165, 1.54) is 7.11 Å². The Labute approximate surface area is 231 Å². The predicted molar refractivity (Wildman–Crippen MR) is 160 cm³/mol. The maximum absolute atomic E-state index is 12.2. The van der Waals surface area contributed by atoms with Crippen LogP contribution in [0.15, 0.2) is 36.4 Å². The van der Waals surface area contributed by atoms with Crippen molar-refractivity contribution in [3.63, 3.8) is 0 Å². The molecule has 0 saturated heterocycles. The number of aryl methyl sites for hydroxylation is 1. The lowest BCUT2D eigenvalue weighted by Crippen LogP contribution is -2.30. The number of methoxy groups -OCH3 is 2. The van der Waals surface area contributed by atoms with E-state index < -0.39 is 0 Å². The topological polar surface area (TPSA) is 89.4 Å². The van der Waals surface area contributed by atoms with Crippen molar-refractivity contribution in [2.24, 2.45) is 11.8 Å². The summed E-state index contributed by atoms with van der Waals surface area (Å²) in [5, 5.41) is 10.8. The third-order valence-electron chi connectivity index (χ3n) is 6.15. The van der Waals surface area contributed by atoms with Gasteiger partial charge >= 0.3 is 5.97 Å². The van der Waals surface area contributed by atoms with Gasteiger partial charge in [0.1, 0.15) is 5.82 Å². The molecule has 1 heterocycles. The minimum absolute atomic E-state index is 0.373. The van der Waals surface area contributed by atoms with Gasteiger partial charge in [0.2, 0.25) is 0 Å². The van der Waals surface area contributed by atoms with Gasteiger partial charge in [-0.25, -0.2) is 9.78 Å². The molecule has 0 fully saturated rings. The van der Waals surface area contributed by atoms with Crippen LogP contribution in [0.1, 0.15) is 50.9 Å². The van der Waals surface area contributed by atoms with Crippen LogP contribution >= 0.6 is 12.2 Å². The summed E-state index contributed by atoms with van der Waals surface area (Å²) in [5.74, 6) is 1.44. The van der Waals surface area contributed by atoms with Gasteiger partial charge < -0.3 is 30.0 Å². The van der Waals surface area contributed by atoms with Crippen molar-refractivity contribution in [1.29, 1.82) is 0 Å². The quantitative estimate of drug-likeness (QED) is 0.140. The Kier molecular flexibility index (Phi) is 10.9. The number of aromatic nitrogens is 2. The number of ether oxygens (including phenoxy) is 2. The first kappa shape index (κ1) is 29.4. The lowest BCUT2D eigenvalue weighted by molar-refractivity contribution is 0.0601. The third kappa shape index (κ3) is 7.68. The van der Waals surface area contributed by atoms with Crippen molar-refractivity contribution in [3.05, 3.63) is 42.0 Å². The first-order valence-corrected chi connectivity index (χ1v) is 13.7. The molecule has 38 heavy (non-hydrogen) atoms. The van der Waals surface area contributed by atoms with Gasteiger partial charge in [-0.3, -0.25) is 0 Å². The van der Waals surface area contributed by atoms with Crippen molar-refractivity contribution in [1.82, 2.24) is 14.9 Å². The van der Waals surface area contributed by atoms with Gasteiger partial charge in [-0.1, -0.05) is 33.8 Å². The van der Waals surface area contributed by atoms with Crippen molar-refractivity contribution < 1.29 is 14.3 Å². The van der Waals surface area contributed by atoms with Gasteiger partial charge in [0.25, 0.3) is 0 Å². The number of nitrogens with zero attached hydrogens (tertiary/aromatic N) is 2. The molecule has 9 heteroatoms. The molecular weight excluding hydrogens is 498 g/mol. The third-order valence-corrected chi connectivity index (χ3v) is 6.40. The Hall–Kier alpha value is -3.17. The first-order valence-electron chi connectivity index (χ1n) is 13.2. The van der Waals surface area contributed by atoms with Crippen molar-refractivity contribution in [2.45, 2.75) is 47.1 Å². The van der Waals surface area contributed by atoms with Crippen LogP contribution in [0, 0.1) is 11.8 Å². The van der Waals surface area contributed by atoms with E-state index >= 15 is 0 Å². The fourth-order valence-corrected chi connectivity index (χ4v) is 4.33. The molecule has 3 rings (SSSR count). The molecule has 0 aliphatic carbocycles. The second-order valence-electron chi connectivity index (χ2n) is 10.2. The SMILES string of the molecule is COCCCNC(=S)Nc1cccc(-c2nc3cc(C(=O)OC)ccc3n2CCC(C)C)c1NCC(C)C. The highest BCUT2D eigenvalue weighted by Crippen LogP contribution is 2.36. The number of carbonyl (C=O) groups excluding carboxylic acids is 1. The Morgan fingerprint density at radius 1 is 1.11 bits per heavy atom.